The van der Waals surface area contributed by atoms with E-state index in [0.717, 1.165) is 23.3 Å². The quantitative estimate of drug-likeness (QED) is 0.302. The van der Waals surface area contributed by atoms with Crippen molar-refractivity contribution in [2.45, 2.75) is 70.6 Å². The maximum Gasteiger partial charge on any atom is 0.245 e. The molecule has 1 saturated heterocycles. The molecular formula is C26H38N2O7. The van der Waals surface area contributed by atoms with E-state index >= 15 is 0 Å². The number of amides is 2. The van der Waals surface area contributed by atoms with Gasteiger partial charge in [0.1, 0.15) is 11.8 Å². The summed E-state index contributed by atoms with van der Waals surface area (Å²) in [5.41, 5.74) is 0.910. The number of hydrogen-bond donors (Lipinski definition) is 4. The van der Waals surface area contributed by atoms with Crippen LogP contribution in [0.25, 0.3) is 0 Å². The number of rotatable bonds is 13. The van der Waals surface area contributed by atoms with Crippen molar-refractivity contribution in [2.24, 2.45) is 11.8 Å². The summed E-state index contributed by atoms with van der Waals surface area (Å²) in [6.45, 7) is 5.58. The fourth-order valence-electron chi connectivity index (χ4n) is 4.52. The highest BCUT2D eigenvalue weighted by molar-refractivity contribution is 5.98. The van der Waals surface area contributed by atoms with Crippen LogP contribution in [0.2, 0.25) is 0 Å². The van der Waals surface area contributed by atoms with Crippen molar-refractivity contribution in [1.82, 2.24) is 10.6 Å². The number of aliphatic hydroxyl groups excluding tert-OH is 2. The second kappa shape index (κ2) is 12.0. The van der Waals surface area contributed by atoms with Crippen LogP contribution in [-0.4, -0.2) is 71.9 Å². The second-order valence-electron chi connectivity index (χ2n) is 9.92. The molecule has 1 aromatic carbocycles. The zero-order chi connectivity index (χ0) is 25.6. The molecule has 0 bridgehead atoms. The van der Waals surface area contributed by atoms with Crippen LogP contribution in [-0.2, 0) is 32.0 Å². The number of hydrogen-bond acceptors (Lipinski definition) is 7. The van der Waals surface area contributed by atoms with Gasteiger partial charge in [-0.3, -0.25) is 14.4 Å². The van der Waals surface area contributed by atoms with Gasteiger partial charge in [-0.15, -0.1) is 0 Å². The summed E-state index contributed by atoms with van der Waals surface area (Å²) in [6, 6.07) is 3.79. The molecule has 1 aliphatic heterocycles. The highest BCUT2D eigenvalue weighted by atomic mass is 16.6. The fourth-order valence-corrected chi connectivity index (χ4v) is 4.52. The summed E-state index contributed by atoms with van der Waals surface area (Å²) in [6.07, 6.45) is 3.09. The molecule has 1 heterocycles. The molecule has 9 heteroatoms. The number of benzene rings is 1. The molecule has 194 valence electrons. The maximum atomic E-state index is 13.0. The summed E-state index contributed by atoms with van der Waals surface area (Å²) < 4.78 is 11.0. The highest BCUT2D eigenvalue weighted by Gasteiger charge is 2.54. The van der Waals surface area contributed by atoms with E-state index in [2.05, 4.69) is 17.6 Å². The molecule has 2 amide bonds. The van der Waals surface area contributed by atoms with Crippen LogP contribution in [0.15, 0.2) is 18.2 Å². The number of carbonyl (C=O) groups excluding carboxylic acids is 3. The van der Waals surface area contributed by atoms with E-state index in [1.54, 1.807) is 0 Å². The van der Waals surface area contributed by atoms with Crippen LogP contribution >= 0.6 is 0 Å². The third kappa shape index (κ3) is 6.59. The van der Waals surface area contributed by atoms with Crippen LogP contribution in [0.5, 0.6) is 5.75 Å². The molecule has 0 radical (unpaired) electrons. The minimum atomic E-state index is -1.26. The maximum absolute atomic E-state index is 13.0. The van der Waals surface area contributed by atoms with E-state index in [-0.39, 0.29) is 24.3 Å². The Bertz CT molecular complexity index is 913. The van der Waals surface area contributed by atoms with Gasteiger partial charge < -0.3 is 30.3 Å². The van der Waals surface area contributed by atoms with Gasteiger partial charge in [-0.2, -0.15) is 0 Å². The van der Waals surface area contributed by atoms with Crippen LogP contribution < -0.4 is 15.4 Å². The van der Waals surface area contributed by atoms with Crippen LogP contribution in [0.1, 0.15) is 51.2 Å². The Balaban J connectivity index is 1.62. The minimum Gasteiger partial charge on any atom is -0.493 e. The first-order chi connectivity index (χ1) is 16.7. The number of nitrogens with one attached hydrogen (secondary N) is 2. The fraction of sp³-hybridized carbons (Fsp3) is 0.654. The predicted molar refractivity (Wildman–Crippen MR) is 129 cm³/mol. The van der Waals surface area contributed by atoms with Gasteiger partial charge in [-0.25, -0.2) is 0 Å². The number of Topliss-reactive ketones (excluding diaryl/α,β-unsaturated/α-hetero) is 1. The lowest BCUT2D eigenvalue weighted by Crippen LogP contribution is -2.56. The van der Waals surface area contributed by atoms with Crippen molar-refractivity contribution in [3.05, 3.63) is 29.3 Å². The zero-order valence-electron chi connectivity index (χ0n) is 20.8. The first kappa shape index (κ1) is 27.1. The molecular weight excluding hydrogens is 452 g/mol. The molecule has 1 aliphatic carbocycles. The molecule has 4 atom stereocenters. The molecule has 2 aliphatic rings. The largest absolute Gasteiger partial charge is 0.493 e. The SMILES string of the molecule is CCCOc1cccc2c1CCC(C(=O)N[C@@H](CO)C(=O)N[C@@H](CC(C)C)C(=O)[C@@]1(CO)CO1)C2. The van der Waals surface area contributed by atoms with E-state index in [1.807, 2.05) is 32.0 Å². The van der Waals surface area contributed by atoms with Crippen molar-refractivity contribution >= 4 is 17.6 Å². The van der Waals surface area contributed by atoms with Gasteiger partial charge in [0.25, 0.3) is 0 Å². The van der Waals surface area contributed by atoms with Gasteiger partial charge in [0.2, 0.25) is 11.8 Å². The Hall–Kier alpha value is -2.49. The van der Waals surface area contributed by atoms with Crippen LogP contribution in [0, 0.1) is 11.8 Å². The normalized spacial score (nSPS) is 22.6. The lowest BCUT2D eigenvalue weighted by molar-refractivity contribution is -0.135. The molecule has 0 spiro atoms. The van der Waals surface area contributed by atoms with E-state index in [4.69, 9.17) is 9.47 Å². The standard InChI is InChI=1S/C26H38N2O7/c1-4-10-34-22-7-5-6-17-12-18(8-9-19(17)22)24(32)28-21(13-29)25(33)27-20(11-16(2)3)23(31)26(14-30)15-35-26/h5-7,16,18,20-21,29-30H,4,8-15H2,1-3H3,(H,27,33)(H,28,32)/t18?,20-,21-,26+/m0/s1. The lowest BCUT2D eigenvalue weighted by atomic mass is 9.83. The number of aliphatic hydroxyl groups is 2. The number of carbonyl (C=O) groups is 3. The van der Waals surface area contributed by atoms with Gasteiger partial charge in [0, 0.05) is 5.92 Å². The van der Waals surface area contributed by atoms with Crippen molar-refractivity contribution in [2.75, 3.05) is 26.4 Å². The predicted octanol–water partition coefficient (Wildman–Crippen LogP) is 0.919. The smallest absolute Gasteiger partial charge is 0.245 e. The van der Waals surface area contributed by atoms with Gasteiger partial charge in [0.05, 0.1) is 32.5 Å². The molecule has 3 rings (SSSR count). The summed E-state index contributed by atoms with van der Waals surface area (Å²) >= 11 is 0. The van der Waals surface area contributed by atoms with E-state index < -0.39 is 42.6 Å². The van der Waals surface area contributed by atoms with Crippen molar-refractivity contribution in [3.63, 3.8) is 0 Å². The topological polar surface area (TPSA) is 137 Å². The van der Waals surface area contributed by atoms with Gasteiger partial charge in [-0.05, 0) is 55.2 Å². The van der Waals surface area contributed by atoms with Crippen molar-refractivity contribution < 1.29 is 34.1 Å². The summed E-state index contributed by atoms with van der Waals surface area (Å²) in [5.74, 6) is -0.730. The Labute approximate surface area is 206 Å². The molecule has 4 N–H and O–H groups in total. The van der Waals surface area contributed by atoms with Crippen LogP contribution in [0.4, 0.5) is 0 Å². The Morgan fingerprint density at radius 3 is 2.54 bits per heavy atom. The lowest BCUT2D eigenvalue weighted by Gasteiger charge is -2.28. The molecule has 0 saturated carbocycles. The number of epoxide rings is 1. The van der Waals surface area contributed by atoms with Gasteiger partial charge in [-0.1, -0.05) is 32.9 Å². The number of fused-ring (bicyclic) bond motifs is 1. The first-order valence-corrected chi connectivity index (χ1v) is 12.5. The van der Waals surface area contributed by atoms with Gasteiger partial charge in [0.15, 0.2) is 11.4 Å². The molecule has 9 nitrogen and oxygen atoms in total. The first-order valence-electron chi connectivity index (χ1n) is 12.5. The average molecular weight is 491 g/mol. The molecule has 1 fully saturated rings. The van der Waals surface area contributed by atoms with Gasteiger partial charge >= 0.3 is 0 Å². The minimum absolute atomic E-state index is 0.0921. The molecule has 1 unspecified atom stereocenters. The summed E-state index contributed by atoms with van der Waals surface area (Å²) in [7, 11) is 0. The second-order valence-corrected chi connectivity index (χ2v) is 9.92. The molecule has 0 aromatic heterocycles. The number of ether oxygens (including phenoxy) is 2. The average Bonchev–Trinajstić information content (AvgIpc) is 3.65. The Morgan fingerprint density at radius 1 is 1.20 bits per heavy atom. The highest BCUT2D eigenvalue weighted by Crippen LogP contribution is 2.33. The van der Waals surface area contributed by atoms with Crippen LogP contribution in [0.3, 0.4) is 0 Å². The summed E-state index contributed by atoms with van der Waals surface area (Å²) in [4.78, 5) is 38.8. The van der Waals surface area contributed by atoms with Crippen molar-refractivity contribution in [1.29, 1.82) is 0 Å². The summed E-state index contributed by atoms with van der Waals surface area (Å²) in [5, 5.41) is 24.7. The number of ketones is 1. The molecule has 35 heavy (non-hydrogen) atoms. The van der Waals surface area contributed by atoms with Crippen molar-refractivity contribution in [3.8, 4) is 5.75 Å². The molecule has 1 aromatic rings. The third-order valence-electron chi connectivity index (χ3n) is 6.62. The Kier molecular flexibility index (Phi) is 9.27. The monoisotopic (exact) mass is 490 g/mol. The third-order valence-corrected chi connectivity index (χ3v) is 6.62. The van der Waals surface area contributed by atoms with E-state index in [1.165, 1.54) is 0 Å². The Morgan fingerprint density at radius 2 is 1.94 bits per heavy atom. The zero-order valence-corrected chi connectivity index (χ0v) is 20.8. The van der Waals surface area contributed by atoms with E-state index in [9.17, 15) is 24.6 Å². The van der Waals surface area contributed by atoms with E-state index in [0.29, 0.717) is 32.3 Å².